The van der Waals surface area contributed by atoms with Gasteiger partial charge in [-0.25, -0.2) is 0 Å². The number of aromatic amines is 1. The summed E-state index contributed by atoms with van der Waals surface area (Å²) >= 11 is 6.12. The average molecular weight is 346 g/mol. The molecule has 0 atom stereocenters. The molecule has 1 heterocycles. The average Bonchev–Trinajstić information content (AvgIpc) is 3.14. The molecule has 0 radical (unpaired) electrons. The summed E-state index contributed by atoms with van der Waals surface area (Å²) < 4.78 is 0. The summed E-state index contributed by atoms with van der Waals surface area (Å²) in [4.78, 5) is 27.7. The van der Waals surface area contributed by atoms with E-state index in [1.807, 2.05) is 18.2 Å². The molecular formula is C18H20ClN3O2. The van der Waals surface area contributed by atoms with Crippen molar-refractivity contribution in [2.24, 2.45) is 0 Å². The van der Waals surface area contributed by atoms with Crippen LogP contribution in [-0.2, 0) is 10.2 Å². The van der Waals surface area contributed by atoms with Crippen molar-refractivity contribution in [2.75, 3.05) is 0 Å². The number of rotatable bonds is 3. The van der Waals surface area contributed by atoms with Crippen molar-refractivity contribution in [1.82, 2.24) is 15.8 Å². The van der Waals surface area contributed by atoms with Crippen molar-refractivity contribution in [3.05, 3.63) is 58.9 Å². The minimum atomic E-state index is -0.647. The topological polar surface area (TPSA) is 74.0 Å². The number of halogens is 1. The van der Waals surface area contributed by atoms with Gasteiger partial charge >= 0.3 is 0 Å². The molecule has 1 fully saturated rings. The van der Waals surface area contributed by atoms with Crippen LogP contribution >= 0.6 is 11.6 Å². The van der Waals surface area contributed by atoms with Crippen molar-refractivity contribution in [1.29, 1.82) is 0 Å². The van der Waals surface area contributed by atoms with Crippen molar-refractivity contribution < 1.29 is 9.59 Å². The zero-order valence-electron chi connectivity index (χ0n) is 13.3. The van der Waals surface area contributed by atoms with E-state index in [9.17, 15) is 9.59 Å². The van der Waals surface area contributed by atoms with Crippen LogP contribution in [0.1, 0.15) is 48.2 Å². The van der Waals surface area contributed by atoms with Crippen LogP contribution < -0.4 is 10.9 Å². The minimum absolute atomic E-state index is 0.190. The highest BCUT2D eigenvalue weighted by atomic mass is 35.5. The standard InChI is InChI=1S/C18H20ClN3O2/c19-14-7-4-6-13(12-14)18(9-2-1-3-10-18)17(24)22-21-16(23)15-8-5-11-20-15/h4-8,11-12,20H,1-3,9-10H2,(H,21,23)(H,22,24). The second-order valence-electron chi connectivity index (χ2n) is 6.15. The number of hydrogen-bond donors (Lipinski definition) is 3. The van der Waals surface area contributed by atoms with Crippen LogP contribution in [0.2, 0.25) is 5.02 Å². The predicted molar refractivity (Wildman–Crippen MR) is 92.6 cm³/mol. The number of hydrogen-bond acceptors (Lipinski definition) is 2. The van der Waals surface area contributed by atoms with Crippen LogP contribution in [0.5, 0.6) is 0 Å². The van der Waals surface area contributed by atoms with Crippen LogP contribution in [0, 0.1) is 0 Å². The van der Waals surface area contributed by atoms with E-state index in [1.165, 1.54) is 0 Å². The lowest BCUT2D eigenvalue weighted by atomic mass is 9.69. The Kier molecular flexibility index (Phi) is 4.90. The Morgan fingerprint density at radius 3 is 2.50 bits per heavy atom. The molecule has 0 saturated heterocycles. The molecule has 3 N–H and O–H groups in total. The van der Waals surface area contributed by atoms with E-state index >= 15 is 0 Å². The highest BCUT2D eigenvalue weighted by molar-refractivity contribution is 6.30. The number of benzene rings is 1. The molecule has 126 valence electrons. The Hall–Kier alpha value is -2.27. The Morgan fingerprint density at radius 2 is 1.83 bits per heavy atom. The number of carbonyl (C=O) groups excluding carboxylic acids is 2. The number of aromatic nitrogens is 1. The molecule has 1 saturated carbocycles. The van der Waals surface area contributed by atoms with Gasteiger partial charge < -0.3 is 4.98 Å². The van der Waals surface area contributed by atoms with E-state index in [0.29, 0.717) is 10.7 Å². The van der Waals surface area contributed by atoms with Gasteiger partial charge in [-0.2, -0.15) is 0 Å². The SMILES string of the molecule is O=C(NNC(=O)C1(c2cccc(Cl)c2)CCCCC1)c1ccc[nH]1. The fourth-order valence-corrected chi connectivity index (χ4v) is 3.55. The third-order valence-corrected chi connectivity index (χ3v) is 4.89. The summed E-state index contributed by atoms with van der Waals surface area (Å²) in [5.41, 5.74) is 5.74. The number of hydrazine groups is 1. The zero-order valence-corrected chi connectivity index (χ0v) is 14.0. The first-order valence-corrected chi connectivity index (χ1v) is 8.50. The molecule has 24 heavy (non-hydrogen) atoms. The first-order valence-electron chi connectivity index (χ1n) is 8.12. The Balaban J connectivity index is 1.78. The highest BCUT2D eigenvalue weighted by Gasteiger charge is 2.41. The third-order valence-electron chi connectivity index (χ3n) is 4.65. The molecule has 5 nitrogen and oxygen atoms in total. The lowest BCUT2D eigenvalue weighted by molar-refractivity contribution is -0.128. The maximum absolute atomic E-state index is 12.9. The van der Waals surface area contributed by atoms with E-state index in [2.05, 4.69) is 15.8 Å². The second kappa shape index (κ2) is 7.09. The fraction of sp³-hybridized carbons (Fsp3) is 0.333. The van der Waals surface area contributed by atoms with Crippen LogP contribution in [-0.4, -0.2) is 16.8 Å². The quantitative estimate of drug-likeness (QED) is 0.746. The first-order chi connectivity index (χ1) is 11.6. The van der Waals surface area contributed by atoms with Crippen LogP contribution in [0.3, 0.4) is 0 Å². The lowest BCUT2D eigenvalue weighted by Crippen LogP contribution is -2.52. The van der Waals surface area contributed by atoms with Gasteiger partial charge in [0.15, 0.2) is 0 Å². The summed E-state index contributed by atoms with van der Waals surface area (Å²) in [5.74, 6) is -0.560. The van der Waals surface area contributed by atoms with E-state index in [4.69, 9.17) is 11.6 Å². The summed E-state index contributed by atoms with van der Waals surface area (Å²) in [6, 6.07) is 10.8. The van der Waals surface area contributed by atoms with Crippen molar-refractivity contribution >= 4 is 23.4 Å². The monoisotopic (exact) mass is 345 g/mol. The van der Waals surface area contributed by atoms with Gasteiger partial charge in [-0.15, -0.1) is 0 Å². The van der Waals surface area contributed by atoms with E-state index in [-0.39, 0.29) is 11.8 Å². The normalized spacial score (nSPS) is 16.4. The van der Waals surface area contributed by atoms with Crippen molar-refractivity contribution in [3.63, 3.8) is 0 Å². The van der Waals surface area contributed by atoms with E-state index in [0.717, 1.165) is 37.7 Å². The highest BCUT2D eigenvalue weighted by Crippen LogP contribution is 2.40. The third kappa shape index (κ3) is 3.31. The van der Waals surface area contributed by atoms with Gasteiger partial charge in [0.2, 0.25) is 5.91 Å². The van der Waals surface area contributed by atoms with Crippen LogP contribution in [0.4, 0.5) is 0 Å². The smallest absolute Gasteiger partial charge is 0.286 e. The van der Waals surface area contributed by atoms with Gasteiger partial charge in [-0.05, 0) is 42.7 Å². The molecule has 3 rings (SSSR count). The largest absolute Gasteiger partial charge is 0.357 e. The number of amides is 2. The Labute approximate surface area is 145 Å². The van der Waals surface area contributed by atoms with Gasteiger partial charge in [0.25, 0.3) is 5.91 Å². The molecule has 0 unspecified atom stereocenters. The number of nitrogens with one attached hydrogen (secondary N) is 3. The first kappa shape index (κ1) is 16.6. The molecular weight excluding hydrogens is 326 g/mol. The number of H-pyrrole nitrogens is 1. The van der Waals surface area contributed by atoms with Gasteiger partial charge in [0.05, 0.1) is 5.41 Å². The summed E-state index contributed by atoms with van der Waals surface area (Å²) in [5, 5.41) is 0.612. The molecule has 2 aromatic rings. The van der Waals surface area contributed by atoms with Gasteiger partial charge in [-0.3, -0.25) is 20.4 Å². The number of carbonyl (C=O) groups is 2. The molecule has 2 amide bonds. The van der Waals surface area contributed by atoms with Gasteiger partial charge in [-0.1, -0.05) is 43.0 Å². The maximum atomic E-state index is 12.9. The summed E-state index contributed by atoms with van der Waals surface area (Å²) in [6.45, 7) is 0. The predicted octanol–water partition coefficient (Wildman–Crippen LogP) is 3.33. The lowest BCUT2D eigenvalue weighted by Gasteiger charge is -2.36. The second-order valence-corrected chi connectivity index (χ2v) is 6.58. The summed E-state index contributed by atoms with van der Waals surface area (Å²) in [7, 11) is 0. The maximum Gasteiger partial charge on any atom is 0.286 e. The molecule has 1 aliphatic carbocycles. The van der Waals surface area contributed by atoms with Gasteiger partial charge in [0.1, 0.15) is 5.69 Å². The molecule has 1 aromatic carbocycles. The molecule has 1 aromatic heterocycles. The fourth-order valence-electron chi connectivity index (χ4n) is 3.36. The molecule has 0 bridgehead atoms. The van der Waals surface area contributed by atoms with Crippen LogP contribution in [0.15, 0.2) is 42.6 Å². The van der Waals surface area contributed by atoms with Gasteiger partial charge in [0, 0.05) is 11.2 Å². The summed E-state index contributed by atoms with van der Waals surface area (Å²) in [6.07, 6.45) is 6.22. The molecule has 0 aliphatic heterocycles. The Bertz CT molecular complexity index is 722. The van der Waals surface area contributed by atoms with E-state index in [1.54, 1.807) is 24.4 Å². The van der Waals surface area contributed by atoms with E-state index < -0.39 is 5.41 Å². The molecule has 0 spiro atoms. The van der Waals surface area contributed by atoms with Crippen molar-refractivity contribution in [3.8, 4) is 0 Å². The zero-order chi connectivity index (χ0) is 17.0. The molecule has 1 aliphatic rings. The van der Waals surface area contributed by atoms with Crippen LogP contribution in [0.25, 0.3) is 0 Å². The molecule has 6 heteroatoms. The Morgan fingerprint density at radius 1 is 1.04 bits per heavy atom. The van der Waals surface area contributed by atoms with Crippen molar-refractivity contribution in [2.45, 2.75) is 37.5 Å². The minimum Gasteiger partial charge on any atom is -0.357 e.